The molecule has 0 spiro atoms. The zero-order chi connectivity index (χ0) is 20.0. The summed E-state index contributed by atoms with van der Waals surface area (Å²) in [4.78, 5) is 13.4. The van der Waals surface area contributed by atoms with Crippen LogP contribution < -0.4 is 19.5 Å². The molecule has 5 nitrogen and oxygen atoms in total. The number of hydrogen-bond acceptors (Lipinski definition) is 5. The number of anilines is 1. The Bertz CT molecular complexity index is 757. The number of carbonyl (C=O) groups is 1. The number of nitrogens with one attached hydrogen (secondary N) is 1. The molecule has 0 aliphatic carbocycles. The lowest BCUT2D eigenvalue weighted by molar-refractivity contribution is -0.113. The Hall–Kier alpha value is -2.34. The van der Waals surface area contributed by atoms with E-state index in [0.29, 0.717) is 28.7 Å². The number of benzene rings is 2. The molecule has 0 aromatic heterocycles. The van der Waals surface area contributed by atoms with E-state index in [1.807, 2.05) is 0 Å². The molecular formula is C21H27NO4S. The van der Waals surface area contributed by atoms with E-state index in [1.54, 1.807) is 33.5 Å². The first-order valence-corrected chi connectivity index (χ1v) is 9.60. The Labute approximate surface area is 165 Å². The molecular weight excluding hydrogens is 362 g/mol. The zero-order valence-electron chi connectivity index (χ0n) is 16.7. The Balaban J connectivity index is 2.01. The quantitative estimate of drug-likeness (QED) is 0.693. The lowest BCUT2D eigenvalue weighted by Crippen LogP contribution is -2.14. The van der Waals surface area contributed by atoms with Gasteiger partial charge in [0.15, 0.2) is 11.5 Å². The van der Waals surface area contributed by atoms with Crippen LogP contribution in [0.15, 0.2) is 41.3 Å². The third-order valence-electron chi connectivity index (χ3n) is 4.04. The molecule has 1 amide bonds. The molecule has 1 N–H and O–H groups in total. The molecule has 0 heterocycles. The van der Waals surface area contributed by atoms with Crippen molar-refractivity contribution in [2.24, 2.45) is 0 Å². The summed E-state index contributed by atoms with van der Waals surface area (Å²) >= 11 is 1.50. The van der Waals surface area contributed by atoms with E-state index in [-0.39, 0.29) is 11.3 Å². The van der Waals surface area contributed by atoms with E-state index in [4.69, 9.17) is 14.2 Å². The largest absolute Gasteiger partial charge is 0.493 e. The van der Waals surface area contributed by atoms with Gasteiger partial charge in [-0.1, -0.05) is 32.9 Å². The topological polar surface area (TPSA) is 56.8 Å². The molecule has 0 fully saturated rings. The van der Waals surface area contributed by atoms with E-state index < -0.39 is 0 Å². The fourth-order valence-electron chi connectivity index (χ4n) is 2.55. The van der Waals surface area contributed by atoms with E-state index in [9.17, 15) is 4.79 Å². The van der Waals surface area contributed by atoms with Crippen molar-refractivity contribution in [2.75, 3.05) is 32.4 Å². The van der Waals surface area contributed by atoms with Gasteiger partial charge < -0.3 is 19.5 Å². The molecule has 6 heteroatoms. The highest BCUT2D eigenvalue weighted by molar-refractivity contribution is 8.00. The van der Waals surface area contributed by atoms with Crippen LogP contribution in [-0.2, 0) is 10.2 Å². The molecule has 0 unspecified atom stereocenters. The summed E-state index contributed by atoms with van der Waals surface area (Å²) in [6.07, 6.45) is 0. The Morgan fingerprint density at radius 3 is 1.96 bits per heavy atom. The molecule has 2 aromatic carbocycles. The molecule has 0 atom stereocenters. The first-order valence-electron chi connectivity index (χ1n) is 8.61. The second-order valence-corrected chi connectivity index (χ2v) is 8.07. The van der Waals surface area contributed by atoms with Gasteiger partial charge >= 0.3 is 0 Å². The number of methoxy groups -OCH3 is 3. The van der Waals surface area contributed by atoms with Crippen LogP contribution >= 0.6 is 11.8 Å². The molecule has 27 heavy (non-hydrogen) atoms. The number of amides is 1. The zero-order valence-corrected chi connectivity index (χ0v) is 17.5. The number of rotatable bonds is 7. The van der Waals surface area contributed by atoms with Crippen molar-refractivity contribution in [3.8, 4) is 17.2 Å². The van der Waals surface area contributed by atoms with Gasteiger partial charge in [0, 0.05) is 22.7 Å². The van der Waals surface area contributed by atoms with Gasteiger partial charge in [0.05, 0.1) is 27.1 Å². The van der Waals surface area contributed by atoms with Crippen LogP contribution in [0.1, 0.15) is 26.3 Å². The second-order valence-electron chi connectivity index (χ2n) is 7.03. The van der Waals surface area contributed by atoms with Gasteiger partial charge in [0.2, 0.25) is 11.7 Å². The first-order chi connectivity index (χ1) is 12.8. The molecule has 2 rings (SSSR count). The van der Waals surface area contributed by atoms with Crippen molar-refractivity contribution < 1.29 is 19.0 Å². The number of ether oxygens (including phenoxy) is 3. The van der Waals surface area contributed by atoms with Gasteiger partial charge in [0.1, 0.15) is 0 Å². The van der Waals surface area contributed by atoms with Gasteiger partial charge in [-0.05, 0) is 23.1 Å². The van der Waals surface area contributed by atoms with Gasteiger partial charge in [-0.3, -0.25) is 4.79 Å². The van der Waals surface area contributed by atoms with Crippen molar-refractivity contribution in [1.82, 2.24) is 0 Å². The number of hydrogen-bond donors (Lipinski definition) is 1. The summed E-state index contributed by atoms with van der Waals surface area (Å²) in [6.45, 7) is 6.54. The van der Waals surface area contributed by atoms with Gasteiger partial charge in [-0.25, -0.2) is 0 Å². The molecule has 146 valence electrons. The fraction of sp³-hybridized carbons (Fsp3) is 0.381. The average Bonchev–Trinajstić information content (AvgIpc) is 2.65. The first kappa shape index (κ1) is 21.0. The normalized spacial score (nSPS) is 11.0. The average molecular weight is 390 g/mol. The second kappa shape index (κ2) is 9.04. The van der Waals surface area contributed by atoms with Crippen LogP contribution in [0, 0.1) is 0 Å². The molecule has 0 saturated carbocycles. The van der Waals surface area contributed by atoms with Crippen molar-refractivity contribution in [3.05, 3.63) is 42.0 Å². The Morgan fingerprint density at radius 1 is 0.963 bits per heavy atom. The molecule has 2 aromatic rings. The Morgan fingerprint density at radius 2 is 1.52 bits per heavy atom. The summed E-state index contributed by atoms with van der Waals surface area (Å²) in [5, 5.41) is 2.87. The summed E-state index contributed by atoms with van der Waals surface area (Å²) < 4.78 is 15.9. The minimum Gasteiger partial charge on any atom is -0.493 e. The van der Waals surface area contributed by atoms with Crippen LogP contribution in [0.4, 0.5) is 5.69 Å². The third-order valence-corrected chi connectivity index (χ3v) is 5.05. The van der Waals surface area contributed by atoms with Crippen LogP contribution in [-0.4, -0.2) is 33.0 Å². The summed E-state index contributed by atoms with van der Waals surface area (Å²) in [5.41, 5.74) is 1.99. The maximum absolute atomic E-state index is 12.3. The van der Waals surface area contributed by atoms with Crippen molar-refractivity contribution >= 4 is 23.4 Å². The lowest BCUT2D eigenvalue weighted by atomic mass is 9.87. The SMILES string of the molecule is COc1cc(NC(=O)CSc2ccc(C(C)(C)C)cc2)cc(OC)c1OC. The monoisotopic (exact) mass is 389 g/mol. The molecule has 0 aliphatic heterocycles. The van der Waals surface area contributed by atoms with Gasteiger partial charge in [0.25, 0.3) is 0 Å². The minimum absolute atomic E-state index is 0.103. The van der Waals surface area contributed by atoms with Crippen LogP contribution in [0.3, 0.4) is 0 Å². The van der Waals surface area contributed by atoms with Crippen LogP contribution in [0.5, 0.6) is 17.2 Å². The molecule has 0 aliphatic rings. The summed E-state index contributed by atoms with van der Waals surface area (Å²) in [7, 11) is 4.63. The highest BCUT2D eigenvalue weighted by Crippen LogP contribution is 2.40. The predicted molar refractivity (Wildman–Crippen MR) is 111 cm³/mol. The van der Waals surface area contributed by atoms with Gasteiger partial charge in [-0.2, -0.15) is 0 Å². The van der Waals surface area contributed by atoms with E-state index >= 15 is 0 Å². The van der Waals surface area contributed by atoms with Crippen LogP contribution in [0.25, 0.3) is 0 Å². The molecule has 0 bridgehead atoms. The van der Waals surface area contributed by atoms with E-state index in [1.165, 1.54) is 17.3 Å². The fourth-order valence-corrected chi connectivity index (χ4v) is 3.25. The highest BCUT2D eigenvalue weighted by atomic mass is 32.2. The lowest BCUT2D eigenvalue weighted by Gasteiger charge is -2.19. The van der Waals surface area contributed by atoms with Crippen LogP contribution in [0.2, 0.25) is 0 Å². The Kier molecular flexibility index (Phi) is 7.02. The van der Waals surface area contributed by atoms with Crippen molar-refractivity contribution in [2.45, 2.75) is 31.1 Å². The summed E-state index contributed by atoms with van der Waals surface area (Å²) in [5.74, 6) is 1.70. The third kappa shape index (κ3) is 5.57. The number of carbonyl (C=O) groups excluding carboxylic acids is 1. The van der Waals surface area contributed by atoms with Gasteiger partial charge in [-0.15, -0.1) is 11.8 Å². The smallest absolute Gasteiger partial charge is 0.234 e. The minimum atomic E-state index is -0.103. The van der Waals surface area contributed by atoms with Crippen molar-refractivity contribution in [1.29, 1.82) is 0 Å². The predicted octanol–water partition coefficient (Wildman–Crippen LogP) is 4.74. The molecule has 0 saturated heterocycles. The highest BCUT2D eigenvalue weighted by Gasteiger charge is 2.15. The summed E-state index contributed by atoms with van der Waals surface area (Å²) in [6, 6.07) is 11.7. The van der Waals surface area contributed by atoms with E-state index in [0.717, 1.165) is 4.90 Å². The number of thioether (sulfide) groups is 1. The van der Waals surface area contributed by atoms with Crippen molar-refractivity contribution in [3.63, 3.8) is 0 Å². The van der Waals surface area contributed by atoms with E-state index in [2.05, 4.69) is 50.4 Å². The molecule has 0 radical (unpaired) electrons. The maximum Gasteiger partial charge on any atom is 0.234 e. The maximum atomic E-state index is 12.3. The standard InChI is InChI=1S/C21H27NO4S/c1-21(2,3)14-7-9-16(10-8-14)27-13-19(23)22-15-11-17(24-4)20(26-6)18(12-15)25-5/h7-12H,13H2,1-6H3,(H,22,23).